The van der Waals surface area contributed by atoms with Crippen molar-refractivity contribution in [1.82, 2.24) is 14.9 Å². The SMILES string of the molecule is C/C=C\C=C/NC.CCc1cccc(-n2cnc3cc(C4CC4)ccc32)c1. The summed E-state index contributed by atoms with van der Waals surface area (Å²) in [5, 5.41) is 2.87. The molecule has 27 heavy (non-hydrogen) atoms. The molecule has 2 aromatic carbocycles. The summed E-state index contributed by atoms with van der Waals surface area (Å²) in [6, 6.07) is 15.4. The molecule has 4 rings (SSSR count). The van der Waals surface area contributed by atoms with Crippen LogP contribution in [0.2, 0.25) is 0 Å². The number of nitrogens with one attached hydrogen (secondary N) is 1. The summed E-state index contributed by atoms with van der Waals surface area (Å²) in [5.41, 5.74) is 6.31. The Kier molecular flexibility index (Phi) is 6.48. The van der Waals surface area contributed by atoms with E-state index in [9.17, 15) is 0 Å². The summed E-state index contributed by atoms with van der Waals surface area (Å²) >= 11 is 0. The number of hydrogen-bond acceptors (Lipinski definition) is 2. The van der Waals surface area contributed by atoms with Gasteiger partial charge in [-0.25, -0.2) is 4.98 Å². The van der Waals surface area contributed by atoms with Crippen LogP contribution in [0.15, 0.2) is 73.2 Å². The minimum Gasteiger partial charge on any atom is -0.394 e. The second kappa shape index (κ2) is 9.22. The van der Waals surface area contributed by atoms with Gasteiger partial charge in [0.1, 0.15) is 6.33 Å². The number of hydrogen-bond donors (Lipinski definition) is 1. The van der Waals surface area contributed by atoms with Gasteiger partial charge in [0.25, 0.3) is 0 Å². The summed E-state index contributed by atoms with van der Waals surface area (Å²) in [4.78, 5) is 4.58. The van der Waals surface area contributed by atoms with Gasteiger partial charge in [-0.15, -0.1) is 0 Å². The minimum atomic E-state index is 0.785. The Morgan fingerprint density at radius 2 is 2.00 bits per heavy atom. The monoisotopic (exact) mass is 359 g/mol. The van der Waals surface area contributed by atoms with Crippen LogP contribution in [-0.4, -0.2) is 16.6 Å². The van der Waals surface area contributed by atoms with Gasteiger partial charge in [-0.2, -0.15) is 0 Å². The number of fused-ring (bicyclic) bond motifs is 1. The maximum Gasteiger partial charge on any atom is 0.100 e. The third-order valence-electron chi connectivity index (χ3n) is 4.78. The lowest BCUT2D eigenvalue weighted by atomic mass is 10.1. The first-order chi connectivity index (χ1) is 13.3. The Hall–Kier alpha value is -2.81. The second-order valence-corrected chi connectivity index (χ2v) is 6.83. The number of aryl methyl sites for hydroxylation is 1. The normalized spacial score (nSPS) is 13.9. The smallest absolute Gasteiger partial charge is 0.100 e. The first kappa shape index (κ1) is 19.0. The molecule has 0 atom stereocenters. The molecule has 1 aliphatic carbocycles. The van der Waals surface area contributed by atoms with Gasteiger partial charge in [-0.05, 0) is 79.8 Å². The van der Waals surface area contributed by atoms with Gasteiger partial charge < -0.3 is 5.32 Å². The standard InChI is InChI=1S/C18H18N2.C6H11N/c1-2-13-4-3-5-16(10-13)20-12-19-17-11-15(14-6-7-14)8-9-18(17)20;1-3-4-5-6-7-2/h3-5,8-12,14H,2,6-7H2,1H3;3-7H,1-2H3/b;4-3-,6-5-. The van der Waals surface area contributed by atoms with Crippen molar-refractivity contribution in [3.8, 4) is 5.69 Å². The zero-order chi connectivity index (χ0) is 19.1. The van der Waals surface area contributed by atoms with Crippen LogP contribution in [0.5, 0.6) is 0 Å². The van der Waals surface area contributed by atoms with E-state index >= 15 is 0 Å². The van der Waals surface area contributed by atoms with E-state index in [-0.39, 0.29) is 0 Å². The molecule has 3 nitrogen and oxygen atoms in total. The fraction of sp³-hybridized carbons (Fsp3) is 0.292. The number of benzene rings is 2. The van der Waals surface area contributed by atoms with Gasteiger partial charge in [-0.1, -0.05) is 37.3 Å². The molecule has 1 fully saturated rings. The molecule has 1 aliphatic rings. The van der Waals surface area contributed by atoms with Crippen molar-refractivity contribution >= 4 is 11.0 Å². The molecule has 1 aromatic heterocycles. The predicted octanol–water partition coefficient (Wildman–Crippen LogP) is 5.76. The molecule has 140 valence electrons. The molecule has 1 N–H and O–H groups in total. The lowest BCUT2D eigenvalue weighted by Gasteiger charge is -2.06. The van der Waals surface area contributed by atoms with Crippen LogP contribution in [-0.2, 0) is 6.42 Å². The lowest BCUT2D eigenvalue weighted by molar-refractivity contribution is 1.07. The van der Waals surface area contributed by atoms with Crippen molar-refractivity contribution in [2.45, 2.75) is 39.0 Å². The van der Waals surface area contributed by atoms with Gasteiger partial charge in [0.15, 0.2) is 0 Å². The number of allylic oxidation sites excluding steroid dienone is 3. The molecule has 0 amide bonds. The zero-order valence-electron chi connectivity index (χ0n) is 16.5. The van der Waals surface area contributed by atoms with E-state index in [1.807, 2.05) is 44.7 Å². The van der Waals surface area contributed by atoms with Crippen molar-refractivity contribution in [3.63, 3.8) is 0 Å². The quantitative estimate of drug-likeness (QED) is 0.587. The lowest BCUT2D eigenvalue weighted by Crippen LogP contribution is -1.93. The van der Waals surface area contributed by atoms with Crippen molar-refractivity contribution < 1.29 is 0 Å². The third kappa shape index (κ3) is 4.88. The van der Waals surface area contributed by atoms with Crippen LogP contribution in [0.4, 0.5) is 0 Å². The molecule has 0 spiro atoms. The van der Waals surface area contributed by atoms with E-state index < -0.39 is 0 Å². The maximum atomic E-state index is 4.58. The highest BCUT2D eigenvalue weighted by Gasteiger charge is 2.23. The first-order valence-corrected chi connectivity index (χ1v) is 9.78. The molecular weight excluding hydrogens is 330 g/mol. The van der Waals surface area contributed by atoms with E-state index in [1.165, 1.54) is 35.2 Å². The van der Waals surface area contributed by atoms with Crippen LogP contribution in [0.3, 0.4) is 0 Å². The Bertz CT molecular complexity index is 930. The van der Waals surface area contributed by atoms with Gasteiger partial charge >= 0.3 is 0 Å². The van der Waals surface area contributed by atoms with E-state index in [1.54, 1.807) is 0 Å². The van der Waals surface area contributed by atoms with Crippen LogP contribution in [0, 0.1) is 0 Å². The molecular formula is C24H29N3. The summed E-state index contributed by atoms with van der Waals surface area (Å²) in [5.74, 6) is 0.785. The van der Waals surface area contributed by atoms with Crippen LogP contribution in [0.25, 0.3) is 16.7 Å². The van der Waals surface area contributed by atoms with E-state index in [4.69, 9.17) is 0 Å². The Balaban J connectivity index is 0.000000260. The van der Waals surface area contributed by atoms with E-state index in [2.05, 4.69) is 64.3 Å². The summed E-state index contributed by atoms with van der Waals surface area (Å²) < 4.78 is 2.19. The molecule has 0 bridgehead atoms. The Morgan fingerprint density at radius 3 is 2.70 bits per heavy atom. The van der Waals surface area contributed by atoms with Gasteiger partial charge in [0.05, 0.1) is 11.0 Å². The predicted molar refractivity (Wildman–Crippen MR) is 115 cm³/mol. The number of aromatic nitrogens is 2. The molecule has 0 unspecified atom stereocenters. The second-order valence-electron chi connectivity index (χ2n) is 6.83. The molecule has 0 aliphatic heterocycles. The molecule has 3 aromatic rings. The minimum absolute atomic E-state index is 0.785. The van der Waals surface area contributed by atoms with Crippen LogP contribution in [0.1, 0.15) is 43.7 Å². The number of nitrogens with zero attached hydrogens (tertiary/aromatic N) is 2. The average molecular weight is 360 g/mol. The van der Waals surface area contributed by atoms with Gasteiger partial charge in [-0.3, -0.25) is 4.57 Å². The molecule has 0 saturated heterocycles. The third-order valence-corrected chi connectivity index (χ3v) is 4.78. The number of imidazole rings is 1. The van der Waals surface area contributed by atoms with Crippen molar-refractivity contribution in [2.24, 2.45) is 0 Å². The van der Waals surface area contributed by atoms with E-state index in [0.717, 1.165) is 17.9 Å². The van der Waals surface area contributed by atoms with Gasteiger partial charge in [0, 0.05) is 12.7 Å². The summed E-state index contributed by atoms with van der Waals surface area (Å²) in [7, 11) is 1.88. The maximum absolute atomic E-state index is 4.58. The molecule has 1 heterocycles. The first-order valence-electron chi connectivity index (χ1n) is 9.78. The van der Waals surface area contributed by atoms with E-state index in [0.29, 0.717) is 0 Å². The zero-order valence-corrected chi connectivity index (χ0v) is 16.5. The van der Waals surface area contributed by atoms with Crippen molar-refractivity contribution in [1.29, 1.82) is 0 Å². The molecule has 1 saturated carbocycles. The van der Waals surface area contributed by atoms with Crippen LogP contribution >= 0.6 is 0 Å². The highest BCUT2D eigenvalue weighted by molar-refractivity contribution is 5.78. The number of rotatable bonds is 5. The highest BCUT2D eigenvalue weighted by Crippen LogP contribution is 2.40. The molecule has 3 heteroatoms. The Labute approximate surface area is 162 Å². The summed E-state index contributed by atoms with van der Waals surface area (Å²) in [6.45, 7) is 4.17. The van der Waals surface area contributed by atoms with Crippen molar-refractivity contribution in [2.75, 3.05) is 7.05 Å². The van der Waals surface area contributed by atoms with Crippen molar-refractivity contribution in [3.05, 3.63) is 84.3 Å². The Morgan fingerprint density at radius 1 is 1.15 bits per heavy atom. The topological polar surface area (TPSA) is 29.9 Å². The largest absolute Gasteiger partial charge is 0.394 e. The summed E-state index contributed by atoms with van der Waals surface area (Å²) in [6.07, 6.45) is 13.4. The van der Waals surface area contributed by atoms with Gasteiger partial charge in [0.2, 0.25) is 0 Å². The fourth-order valence-electron chi connectivity index (χ4n) is 3.10. The fourth-order valence-corrected chi connectivity index (χ4v) is 3.10. The average Bonchev–Trinajstić information content (AvgIpc) is 3.48. The molecule has 0 radical (unpaired) electrons. The highest BCUT2D eigenvalue weighted by atomic mass is 15.0. The van der Waals surface area contributed by atoms with Crippen LogP contribution < -0.4 is 5.32 Å².